The van der Waals surface area contributed by atoms with Crippen LogP contribution in [0.2, 0.25) is 5.02 Å². The van der Waals surface area contributed by atoms with Gasteiger partial charge >= 0.3 is 0 Å². The Morgan fingerprint density at radius 2 is 1.86 bits per heavy atom. The van der Waals surface area contributed by atoms with Crippen LogP contribution in [-0.4, -0.2) is 20.4 Å². The maximum absolute atomic E-state index is 13.0. The molecule has 0 aliphatic heterocycles. The summed E-state index contributed by atoms with van der Waals surface area (Å²) < 4.78 is 1.89. The molecule has 0 saturated heterocycles. The standard InChI is InChI=1S/C22H19ClN4OS/c1-14-3-5-16(6-4-14)22-25-18(13-29-22)21(28)26-19(20-24-11-12-27(20)2)15-7-9-17(23)10-8-15/h3-13,19H,1-2H3,(H,26,28)/t19-/m0/s1. The SMILES string of the molecule is Cc1ccc(-c2nc(C(=O)N[C@@H](c3ccc(Cl)cc3)c3nccn3C)cs2)cc1. The number of nitrogens with one attached hydrogen (secondary N) is 1. The summed E-state index contributed by atoms with van der Waals surface area (Å²) in [7, 11) is 1.90. The van der Waals surface area contributed by atoms with Gasteiger partial charge in [0.25, 0.3) is 5.91 Å². The summed E-state index contributed by atoms with van der Waals surface area (Å²) in [5, 5.41) is 6.30. The van der Waals surface area contributed by atoms with E-state index in [-0.39, 0.29) is 5.91 Å². The summed E-state index contributed by atoms with van der Waals surface area (Å²) in [5.41, 5.74) is 3.46. The number of carbonyl (C=O) groups excluding carboxylic acids is 1. The van der Waals surface area contributed by atoms with Gasteiger partial charge in [0.2, 0.25) is 0 Å². The monoisotopic (exact) mass is 422 g/mol. The van der Waals surface area contributed by atoms with Crippen LogP contribution < -0.4 is 5.32 Å². The fourth-order valence-corrected chi connectivity index (χ4v) is 3.95. The topological polar surface area (TPSA) is 59.8 Å². The number of benzene rings is 2. The molecular formula is C22H19ClN4OS. The van der Waals surface area contributed by atoms with Crippen LogP contribution in [0.4, 0.5) is 0 Å². The molecule has 2 heterocycles. The van der Waals surface area contributed by atoms with Crippen molar-refractivity contribution in [3.05, 3.63) is 94.0 Å². The van der Waals surface area contributed by atoms with Crippen molar-refractivity contribution < 1.29 is 4.79 Å². The number of amides is 1. The summed E-state index contributed by atoms with van der Waals surface area (Å²) in [6.45, 7) is 2.04. The highest BCUT2D eigenvalue weighted by Gasteiger charge is 2.23. The number of imidazole rings is 1. The number of hydrogen-bond donors (Lipinski definition) is 1. The van der Waals surface area contributed by atoms with Gasteiger partial charge in [0.15, 0.2) is 0 Å². The smallest absolute Gasteiger partial charge is 0.271 e. The van der Waals surface area contributed by atoms with Gasteiger partial charge in [-0.2, -0.15) is 0 Å². The van der Waals surface area contributed by atoms with E-state index in [1.165, 1.54) is 16.9 Å². The number of halogens is 1. The van der Waals surface area contributed by atoms with Crippen molar-refractivity contribution in [3.8, 4) is 10.6 Å². The molecule has 0 saturated carbocycles. The minimum absolute atomic E-state index is 0.248. The molecule has 0 unspecified atom stereocenters. The van der Waals surface area contributed by atoms with E-state index in [1.54, 1.807) is 23.7 Å². The van der Waals surface area contributed by atoms with E-state index in [2.05, 4.69) is 15.3 Å². The van der Waals surface area contributed by atoms with Gasteiger partial charge in [0.1, 0.15) is 22.6 Å². The molecule has 0 aliphatic rings. The van der Waals surface area contributed by atoms with E-state index in [1.807, 2.05) is 61.1 Å². The second-order valence-corrected chi connectivity index (χ2v) is 8.05. The van der Waals surface area contributed by atoms with Gasteiger partial charge in [-0.1, -0.05) is 53.6 Å². The lowest BCUT2D eigenvalue weighted by atomic mass is 10.1. The van der Waals surface area contributed by atoms with E-state index >= 15 is 0 Å². The molecule has 7 heteroatoms. The van der Waals surface area contributed by atoms with Crippen LogP contribution in [0.3, 0.4) is 0 Å². The molecule has 146 valence electrons. The normalized spacial score (nSPS) is 12.0. The van der Waals surface area contributed by atoms with Crippen LogP contribution in [-0.2, 0) is 7.05 Å². The Morgan fingerprint density at radius 3 is 2.52 bits per heavy atom. The second-order valence-electron chi connectivity index (χ2n) is 6.76. The fraction of sp³-hybridized carbons (Fsp3) is 0.136. The number of rotatable bonds is 5. The number of thiazole rings is 1. The number of aryl methyl sites for hydroxylation is 2. The van der Waals surface area contributed by atoms with Crippen molar-refractivity contribution in [1.82, 2.24) is 19.9 Å². The zero-order chi connectivity index (χ0) is 20.4. The van der Waals surface area contributed by atoms with Crippen molar-refractivity contribution in [2.24, 2.45) is 7.05 Å². The summed E-state index contributed by atoms with van der Waals surface area (Å²) in [6, 6.07) is 15.1. The summed E-state index contributed by atoms with van der Waals surface area (Å²) >= 11 is 7.48. The summed E-state index contributed by atoms with van der Waals surface area (Å²) in [6.07, 6.45) is 3.56. The predicted molar refractivity (Wildman–Crippen MR) is 116 cm³/mol. The Balaban J connectivity index is 1.61. The Hall–Kier alpha value is -2.96. The average Bonchev–Trinajstić information content (AvgIpc) is 3.37. The highest BCUT2D eigenvalue weighted by molar-refractivity contribution is 7.13. The van der Waals surface area contributed by atoms with Crippen LogP contribution in [0.1, 0.15) is 33.5 Å². The molecule has 0 spiro atoms. The van der Waals surface area contributed by atoms with Gasteiger partial charge in [0.05, 0.1) is 0 Å². The zero-order valence-corrected chi connectivity index (χ0v) is 17.5. The molecule has 29 heavy (non-hydrogen) atoms. The highest BCUT2D eigenvalue weighted by Crippen LogP contribution is 2.26. The van der Waals surface area contributed by atoms with E-state index in [9.17, 15) is 4.79 Å². The molecule has 2 aromatic heterocycles. The minimum Gasteiger partial charge on any atom is -0.337 e. The molecule has 0 bridgehead atoms. The first kappa shape index (κ1) is 19.4. The molecule has 5 nitrogen and oxygen atoms in total. The van der Waals surface area contributed by atoms with Crippen LogP contribution in [0.5, 0.6) is 0 Å². The maximum atomic E-state index is 13.0. The Morgan fingerprint density at radius 1 is 1.14 bits per heavy atom. The molecular weight excluding hydrogens is 404 g/mol. The Kier molecular flexibility index (Phi) is 5.47. The van der Waals surface area contributed by atoms with Crippen LogP contribution in [0, 0.1) is 6.92 Å². The van der Waals surface area contributed by atoms with E-state index in [0.717, 1.165) is 22.0 Å². The minimum atomic E-state index is -0.413. The predicted octanol–water partition coefficient (Wildman–Crippen LogP) is 5.02. The van der Waals surface area contributed by atoms with Gasteiger partial charge in [-0.05, 0) is 24.6 Å². The Labute approximate surface area is 178 Å². The molecule has 0 fully saturated rings. The van der Waals surface area contributed by atoms with Crippen molar-refractivity contribution in [3.63, 3.8) is 0 Å². The van der Waals surface area contributed by atoms with Gasteiger partial charge < -0.3 is 9.88 Å². The lowest BCUT2D eigenvalue weighted by molar-refractivity contribution is 0.0937. The molecule has 4 aromatic rings. The molecule has 1 amide bonds. The largest absolute Gasteiger partial charge is 0.337 e. The Bertz CT molecular complexity index is 1130. The molecule has 1 atom stereocenters. The highest BCUT2D eigenvalue weighted by atomic mass is 35.5. The van der Waals surface area contributed by atoms with Gasteiger partial charge in [-0.15, -0.1) is 11.3 Å². The van der Waals surface area contributed by atoms with Gasteiger partial charge in [0, 0.05) is 35.4 Å². The van der Waals surface area contributed by atoms with Crippen molar-refractivity contribution in [2.45, 2.75) is 13.0 Å². The third-order valence-electron chi connectivity index (χ3n) is 4.63. The average molecular weight is 423 g/mol. The molecule has 4 rings (SSSR count). The van der Waals surface area contributed by atoms with Crippen LogP contribution >= 0.6 is 22.9 Å². The van der Waals surface area contributed by atoms with E-state index in [0.29, 0.717) is 10.7 Å². The summed E-state index contributed by atoms with van der Waals surface area (Å²) in [5.74, 6) is 0.484. The molecule has 0 aliphatic carbocycles. The quantitative estimate of drug-likeness (QED) is 0.491. The number of carbonyl (C=O) groups is 1. The first-order valence-corrected chi connectivity index (χ1v) is 10.3. The third kappa shape index (κ3) is 4.23. The first-order valence-electron chi connectivity index (χ1n) is 9.07. The second kappa shape index (κ2) is 8.19. The first-order chi connectivity index (χ1) is 14.0. The lowest BCUT2D eigenvalue weighted by Crippen LogP contribution is -2.31. The van der Waals surface area contributed by atoms with Crippen LogP contribution in [0.25, 0.3) is 10.6 Å². The summed E-state index contributed by atoms with van der Waals surface area (Å²) in [4.78, 5) is 21.9. The van der Waals surface area contributed by atoms with E-state index < -0.39 is 6.04 Å². The number of nitrogens with zero attached hydrogens (tertiary/aromatic N) is 3. The third-order valence-corrected chi connectivity index (χ3v) is 5.77. The molecule has 1 N–H and O–H groups in total. The number of hydrogen-bond acceptors (Lipinski definition) is 4. The lowest BCUT2D eigenvalue weighted by Gasteiger charge is -2.18. The molecule has 2 aromatic carbocycles. The van der Waals surface area contributed by atoms with E-state index in [4.69, 9.17) is 11.6 Å². The van der Waals surface area contributed by atoms with Gasteiger partial charge in [-0.25, -0.2) is 9.97 Å². The van der Waals surface area contributed by atoms with Crippen molar-refractivity contribution in [1.29, 1.82) is 0 Å². The maximum Gasteiger partial charge on any atom is 0.271 e. The molecule has 0 radical (unpaired) electrons. The number of aromatic nitrogens is 3. The van der Waals surface area contributed by atoms with Crippen molar-refractivity contribution >= 4 is 28.8 Å². The fourth-order valence-electron chi connectivity index (χ4n) is 3.02. The van der Waals surface area contributed by atoms with Crippen molar-refractivity contribution in [2.75, 3.05) is 0 Å². The van der Waals surface area contributed by atoms with Gasteiger partial charge in [-0.3, -0.25) is 4.79 Å². The zero-order valence-electron chi connectivity index (χ0n) is 16.0. The van der Waals surface area contributed by atoms with Crippen LogP contribution in [0.15, 0.2) is 66.3 Å².